The van der Waals surface area contributed by atoms with E-state index in [0.717, 1.165) is 4.90 Å². The van der Waals surface area contributed by atoms with Crippen molar-refractivity contribution >= 4 is 18.0 Å². The predicted molar refractivity (Wildman–Crippen MR) is 63.4 cm³/mol. The quantitative estimate of drug-likeness (QED) is 0.645. The molecule has 1 heterocycles. The van der Waals surface area contributed by atoms with Gasteiger partial charge in [-0.3, -0.25) is 4.79 Å². The minimum absolute atomic E-state index is 0.0155. The van der Waals surface area contributed by atoms with Crippen LogP contribution in [0.15, 0.2) is 0 Å². The van der Waals surface area contributed by atoms with Crippen molar-refractivity contribution in [3.8, 4) is 0 Å². The zero-order chi connectivity index (χ0) is 14.6. The Labute approximate surface area is 110 Å². The zero-order valence-corrected chi connectivity index (χ0v) is 10.9. The zero-order valence-electron chi connectivity index (χ0n) is 10.9. The summed E-state index contributed by atoms with van der Waals surface area (Å²) in [5.41, 5.74) is 0. The third-order valence-corrected chi connectivity index (χ3v) is 3.02. The number of carboxylic acids is 1. The Hall–Kier alpha value is -1.83. The van der Waals surface area contributed by atoms with Crippen LogP contribution in [0.4, 0.5) is 4.79 Å². The maximum Gasteiger partial charge on any atom is 0.326 e. The summed E-state index contributed by atoms with van der Waals surface area (Å²) >= 11 is 0. The van der Waals surface area contributed by atoms with E-state index >= 15 is 0 Å². The van der Waals surface area contributed by atoms with Gasteiger partial charge in [0.25, 0.3) is 0 Å². The standard InChI is InChI=1S/C11H18N2O6/c1-12(4-3-9(15)19-2)11(18)13-6-7(14)5-8(13)10(16)17/h7-8,14H,3-6H2,1-2H3,(H,16,17)/t7-,8-/m0/s1. The number of carbonyl (C=O) groups is 3. The number of hydrogen-bond acceptors (Lipinski definition) is 5. The fourth-order valence-electron chi connectivity index (χ4n) is 1.94. The maximum atomic E-state index is 12.0. The molecule has 0 bridgehead atoms. The van der Waals surface area contributed by atoms with E-state index in [2.05, 4.69) is 4.74 Å². The number of aliphatic hydroxyl groups excluding tert-OH is 1. The van der Waals surface area contributed by atoms with Crippen molar-refractivity contribution in [1.82, 2.24) is 9.80 Å². The second-order valence-corrected chi connectivity index (χ2v) is 4.43. The fraction of sp³-hybridized carbons (Fsp3) is 0.727. The van der Waals surface area contributed by atoms with E-state index in [0.29, 0.717) is 0 Å². The van der Waals surface area contributed by atoms with E-state index in [1.807, 2.05) is 0 Å². The number of carboxylic acid groups (broad SMARTS) is 1. The van der Waals surface area contributed by atoms with Gasteiger partial charge >= 0.3 is 18.0 Å². The molecule has 0 aromatic carbocycles. The summed E-state index contributed by atoms with van der Waals surface area (Å²) in [6.45, 7) is 0.114. The number of carbonyl (C=O) groups excluding carboxylic acids is 2. The number of methoxy groups -OCH3 is 1. The summed E-state index contributed by atoms with van der Waals surface area (Å²) in [6.07, 6.45) is -0.780. The number of ether oxygens (including phenoxy) is 1. The molecule has 2 N–H and O–H groups in total. The molecule has 0 saturated carbocycles. The first-order valence-corrected chi connectivity index (χ1v) is 5.86. The van der Waals surface area contributed by atoms with Gasteiger partial charge in [-0.25, -0.2) is 9.59 Å². The van der Waals surface area contributed by atoms with Gasteiger partial charge in [0.05, 0.1) is 19.6 Å². The number of amides is 2. The first kappa shape index (κ1) is 15.2. The van der Waals surface area contributed by atoms with Gasteiger partial charge in [-0.1, -0.05) is 0 Å². The Bertz CT molecular complexity index is 372. The second kappa shape index (κ2) is 6.37. The Balaban J connectivity index is 2.60. The molecular formula is C11H18N2O6. The highest BCUT2D eigenvalue weighted by atomic mass is 16.5. The Kier molecular flexibility index (Phi) is 5.11. The van der Waals surface area contributed by atoms with Gasteiger partial charge in [-0.2, -0.15) is 0 Å². The van der Waals surface area contributed by atoms with Crippen molar-refractivity contribution in [3.63, 3.8) is 0 Å². The summed E-state index contributed by atoms with van der Waals surface area (Å²) in [5.74, 6) is -1.60. The number of aliphatic hydroxyl groups is 1. The first-order chi connectivity index (χ1) is 8.86. The number of β-amino-alcohol motifs (C(OH)–C–C–N with tert-alkyl or cyclic N) is 1. The lowest BCUT2D eigenvalue weighted by Gasteiger charge is -2.27. The summed E-state index contributed by atoms with van der Waals surface area (Å²) in [6, 6.07) is -1.55. The van der Waals surface area contributed by atoms with Gasteiger partial charge in [0, 0.05) is 26.6 Å². The van der Waals surface area contributed by atoms with E-state index in [1.54, 1.807) is 0 Å². The van der Waals surface area contributed by atoms with Crippen LogP contribution >= 0.6 is 0 Å². The van der Waals surface area contributed by atoms with Crippen LogP contribution in [-0.4, -0.2) is 77.4 Å². The SMILES string of the molecule is COC(=O)CCN(C)C(=O)N1C[C@@H](O)C[C@H]1C(=O)O. The number of aliphatic carboxylic acids is 1. The molecule has 0 radical (unpaired) electrons. The lowest BCUT2D eigenvalue weighted by atomic mass is 10.2. The van der Waals surface area contributed by atoms with Crippen LogP contribution < -0.4 is 0 Å². The highest BCUT2D eigenvalue weighted by Crippen LogP contribution is 2.19. The number of hydrogen-bond donors (Lipinski definition) is 2. The Morgan fingerprint density at radius 3 is 2.58 bits per heavy atom. The molecule has 8 nitrogen and oxygen atoms in total. The molecule has 1 fully saturated rings. The molecule has 0 unspecified atom stereocenters. The number of rotatable bonds is 4. The summed E-state index contributed by atoms with van der Waals surface area (Å²) < 4.78 is 4.46. The van der Waals surface area contributed by atoms with Crippen LogP contribution in [0.5, 0.6) is 0 Å². The highest BCUT2D eigenvalue weighted by Gasteiger charge is 2.40. The lowest BCUT2D eigenvalue weighted by Crippen LogP contribution is -2.47. The number of likely N-dealkylation sites (tertiary alicyclic amines) is 1. The van der Waals surface area contributed by atoms with Gasteiger partial charge in [-0.05, 0) is 0 Å². The topological polar surface area (TPSA) is 107 Å². The Morgan fingerprint density at radius 1 is 1.42 bits per heavy atom. The van der Waals surface area contributed by atoms with Crippen molar-refractivity contribution in [1.29, 1.82) is 0 Å². The monoisotopic (exact) mass is 274 g/mol. The van der Waals surface area contributed by atoms with Crippen molar-refractivity contribution in [2.75, 3.05) is 27.2 Å². The molecular weight excluding hydrogens is 256 g/mol. The molecule has 2 atom stereocenters. The van der Waals surface area contributed by atoms with Crippen LogP contribution in [-0.2, 0) is 14.3 Å². The summed E-state index contributed by atoms with van der Waals surface area (Å²) in [5, 5.41) is 18.4. The first-order valence-electron chi connectivity index (χ1n) is 5.86. The van der Waals surface area contributed by atoms with Crippen molar-refractivity contribution in [2.24, 2.45) is 0 Å². The van der Waals surface area contributed by atoms with Crippen molar-refractivity contribution < 1.29 is 29.3 Å². The van der Waals surface area contributed by atoms with Crippen LogP contribution in [0.2, 0.25) is 0 Å². The fourth-order valence-corrected chi connectivity index (χ4v) is 1.94. The second-order valence-electron chi connectivity index (χ2n) is 4.43. The molecule has 1 aliphatic rings. The highest BCUT2D eigenvalue weighted by molar-refractivity contribution is 5.83. The largest absolute Gasteiger partial charge is 0.480 e. The normalized spacial score (nSPS) is 22.2. The maximum absolute atomic E-state index is 12.0. The third kappa shape index (κ3) is 3.82. The van der Waals surface area contributed by atoms with Crippen LogP contribution in [0.1, 0.15) is 12.8 Å². The molecule has 2 amide bonds. The number of nitrogens with zero attached hydrogens (tertiary/aromatic N) is 2. The molecule has 0 aromatic rings. The summed E-state index contributed by atoms with van der Waals surface area (Å²) in [7, 11) is 2.72. The molecule has 8 heteroatoms. The third-order valence-electron chi connectivity index (χ3n) is 3.02. The van der Waals surface area contributed by atoms with E-state index in [9.17, 15) is 19.5 Å². The minimum atomic E-state index is -1.15. The molecule has 108 valence electrons. The smallest absolute Gasteiger partial charge is 0.326 e. The van der Waals surface area contributed by atoms with Gasteiger partial charge in [0.2, 0.25) is 0 Å². The number of urea groups is 1. The van der Waals surface area contributed by atoms with Gasteiger partial charge in [-0.15, -0.1) is 0 Å². The molecule has 19 heavy (non-hydrogen) atoms. The molecule has 0 aromatic heterocycles. The van der Waals surface area contributed by atoms with Gasteiger partial charge in [0.1, 0.15) is 6.04 Å². The van der Waals surface area contributed by atoms with E-state index in [-0.39, 0.29) is 25.9 Å². The predicted octanol–water partition coefficient (Wildman–Crippen LogP) is -0.879. The van der Waals surface area contributed by atoms with Gasteiger partial charge in [0.15, 0.2) is 0 Å². The van der Waals surface area contributed by atoms with Gasteiger partial charge < -0.3 is 24.7 Å². The average molecular weight is 274 g/mol. The summed E-state index contributed by atoms with van der Waals surface area (Å²) in [4.78, 5) is 36.4. The van der Waals surface area contributed by atoms with Crippen LogP contribution in [0, 0.1) is 0 Å². The van der Waals surface area contributed by atoms with E-state index in [1.165, 1.54) is 19.1 Å². The molecule has 0 spiro atoms. The van der Waals surface area contributed by atoms with Crippen molar-refractivity contribution in [2.45, 2.75) is 25.0 Å². The van der Waals surface area contributed by atoms with Crippen molar-refractivity contribution in [3.05, 3.63) is 0 Å². The Morgan fingerprint density at radius 2 is 2.05 bits per heavy atom. The van der Waals surface area contributed by atoms with E-state index in [4.69, 9.17) is 5.11 Å². The van der Waals surface area contributed by atoms with E-state index < -0.39 is 30.1 Å². The number of esters is 1. The molecule has 0 aliphatic carbocycles. The molecule has 1 saturated heterocycles. The average Bonchev–Trinajstić information content (AvgIpc) is 2.76. The lowest BCUT2D eigenvalue weighted by molar-refractivity contribution is -0.142. The van der Waals surface area contributed by atoms with Crippen LogP contribution in [0.25, 0.3) is 0 Å². The molecule has 1 aliphatic heterocycles. The van der Waals surface area contributed by atoms with Crippen LogP contribution in [0.3, 0.4) is 0 Å². The molecule has 1 rings (SSSR count). The minimum Gasteiger partial charge on any atom is -0.480 e.